The number of halogens is 2. The zero-order valence-corrected chi connectivity index (χ0v) is 17.2. The van der Waals surface area contributed by atoms with Gasteiger partial charge in [0.05, 0.1) is 10.7 Å². The second-order valence-corrected chi connectivity index (χ2v) is 7.92. The SMILES string of the molecule is CC(C)c1ccccc1N/C=C(/C#N)c1nc(-c2ccc(Cl)cc2Cl)cs1. The second-order valence-electron chi connectivity index (χ2n) is 6.22. The van der Waals surface area contributed by atoms with Crippen molar-refractivity contribution in [2.24, 2.45) is 0 Å². The maximum atomic E-state index is 9.57. The molecule has 136 valence electrons. The van der Waals surface area contributed by atoms with Crippen molar-refractivity contribution < 1.29 is 0 Å². The van der Waals surface area contributed by atoms with Gasteiger partial charge in [0.15, 0.2) is 0 Å². The Bertz CT molecular complexity index is 1030. The number of nitrogens with zero attached hydrogens (tertiary/aromatic N) is 2. The average molecular weight is 414 g/mol. The smallest absolute Gasteiger partial charge is 0.136 e. The van der Waals surface area contributed by atoms with Gasteiger partial charge in [-0.1, -0.05) is 55.2 Å². The minimum absolute atomic E-state index is 0.381. The number of allylic oxidation sites excluding steroid dienone is 1. The highest BCUT2D eigenvalue weighted by Crippen LogP contribution is 2.32. The molecule has 0 saturated carbocycles. The first-order valence-electron chi connectivity index (χ1n) is 8.36. The summed E-state index contributed by atoms with van der Waals surface area (Å²) in [6.45, 7) is 4.27. The number of anilines is 1. The van der Waals surface area contributed by atoms with Gasteiger partial charge in [-0.05, 0) is 35.7 Å². The van der Waals surface area contributed by atoms with E-state index in [4.69, 9.17) is 23.2 Å². The summed E-state index contributed by atoms with van der Waals surface area (Å²) in [5, 5.41) is 16.4. The van der Waals surface area contributed by atoms with Gasteiger partial charge in [-0.3, -0.25) is 0 Å². The van der Waals surface area contributed by atoms with Gasteiger partial charge in [0, 0.05) is 27.9 Å². The average Bonchev–Trinajstić information content (AvgIpc) is 3.12. The molecular weight excluding hydrogens is 397 g/mol. The number of nitriles is 1. The van der Waals surface area contributed by atoms with Crippen LogP contribution in [0.4, 0.5) is 5.69 Å². The van der Waals surface area contributed by atoms with E-state index in [0.717, 1.165) is 16.9 Å². The summed E-state index contributed by atoms with van der Waals surface area (Å²) in [7, 11) is 0. The molecule has 0 amide bonds. The van der Waals surface area contributed by atoms with Crippen LogP contribution in [-0.2, 0) is 0 Å². The van der Waals surface area contributed by atoms with Crippen molar-refractivity contribution in [1.82, 2.24) is 4.98 Å². The first kappa shape index (κ1) is 19.4. The fourth-order valence-corrected chi connectivity index (χ4v) is 3.93. The van der Waals surface area contributed by atoms with E-state index in [2.05, 4.69) is 36.3 Å². The third kappa shape index (κ3) is 4.51. The minimum atomic E-state index is 0.381. The lowest BCUT2D eigenvalue weighted by Gasteiger charge is -2.12. The third-order valence-electron chi connectivity index (χ3n) is 4.02. The molecular formula is C21H17Cl2N3S. The molecule has 1 aromatic heterocycles. The number of hydrogen-bond donors (Lipinski definition) is 1. The van der Waals surface area contributed by atoms with Crippen LogP contribution >= 0.6 is 34.5 Å². The zero-order chi connectivity index (χ0) is 19.4. The van der Waals surface area contributed by atoms with Crippen LogP contribution in [0.25, 0.3) is 16.8 Å². The Morgan fingerprint density at radius 1 is 1.22 bits per heavy atom. The van der Waals surface area contributed by atoms with Crippen molar-refractivity contribution in [1.29, 1.82) is 5.26 Å². The number of rotatable bonds is 5. The van der Waals surface area contributed by atoms with E-state index in [1.54, 1.807) is 18.3 Å². The highest BCUT2D eigenvalue weighted by Gasteiger charge is 2.12. The van der Waals surface area contributed by atoms with Crippen LogP contribution in [0.15, 0.2) is 54.0 Å². The van der Waals surface area contributed by atoms with E-state index in [1.165, 1.54) is 16.9 Å². The fourth-order valence-electron chi connectivity index (χ4n) is 2.64. The number of nitrogens with one attached hydrogen (secondary N) is 1. The molecule has 1 N–H and O–H groups in total. The Kier molecular flexibility index (Phi) is 6.18. The molecule has 1 heterocycles. The van der Waals surface area contributed by atoms with E-state index in [9.17, 15) is 5.26 Å². The van der Waals surface area contributed by atoms with Gasteiger partial charge in [0.2, 0.25) is 0 Å². The number of aromatic nitrogens is 1. The number of para-hydroxylation sites is 1. The lowest BCUT2D eigenvalue weighted by atomic mass is 10.0. The van der Waals surface area contributed by atoms with Crippen molar-refractivity contribution in [3.05, 3.63) is 74.7 Å². The van der Waals surface area contributed by atoms with Crippen LogP contribution in [0.1, 0.15) is 30.3 Å². The summed E-state index contributed by atoms with van der Waals surface area (Å²) in [4.78, 5) is 4.57. The van der Waals surface area contributed by atoms with E-state index in [1.807, 2.05) is 29.6 Å². The maximum absolute atomic E-state index is 9.57. The summed E-state index contributed by atoms with van der Waals surface area (Å²) in [5.74, 6) is 0.381. The van der Waals surface area contributed by atoms with Crippen molar-refractivity contribution in [2.75, 3.05) is 5.32 Å². The van der Waals surface area contributed by atoms with Crippen LogP contribution in [0.3, 0.4) is 0 Å². The molecule has 6 heteroatoms. The summed E-state index contributed by atoms with van der Waals surface area (Å²) in [5.41, 5.74) is 4.16. The molecule has 0 aliphatic heterocycles. The fraction of sp³-hybridized carbons (Fsp3) is 0.143. The Labute approximate surface area is 172 Å². The molecule has 3 aromatic rings. The van der Waals surface area contributed by atoms with E-state index in [-0.39, 0.29) is 0 Å². The normalized spacial score (nSPS) is 11.5. The zero-order valence-electron chi connectivity index (χ0n) is 14.8. The second kappa shape index (κ2) is 8.58. The quantitative estimate of drug-likeness (QED) is 0.449. The lowest BCUT2D eigenvalue weighted by molar-refractivity contribution is 0.869. The van der Waals surface area contributed by atoms with Gasteiger partial charge in [0.25, 0.3) is 0 Å². The Balaban J connectivity index is 1.88. The Morgan fingerprint density at radius 2 is 2.00 bits per heavy atom. The lowest BCUT2D eigenvalue weighted by Crippen LogP contribution is -1.97. The maximum Gasteiger partial charge on any atom is 0.136 e. The standard InChI is InChI=1S/C21H17Cl2N3S/c1-13(2)16-5-3-4-6-19(16)25-11-14(10-24)21-26-20(12-27-21)17-8-7-15(22)9-18(17)23/h3-9,11-13,25H,1-2H3/b14-11-. The predicted molar refractivity (Wildman–Crippen MR) is 115 cm³/mol. The number of thiazole rings is 1. The molecule has 2 aromatic carbocycles. The van der Waals surface area contributed by atoms with Crippen LogP contribution in [0, 0.1) is 11.3 Å². The van der Waals surface area contributed by atoms with Crippen LogP contribution in [-0.4, -0.2) is 4.98 Å². The van der Waals surface area contributed by atoms with Crippen LogP contribution in [0.5, 0.6) is 0 Å². The van der Waals surface area contributed by atoms with Gasteiger partial charge >= 0.3 is 0 Å². The molecule has 3 rings (SSSR count). The highest BCUT2D eigenvalue weighted by molar-refractivity contribution is 7.11. The monoisotopic (exact) mass is 413 g/mol. The first-order chi connectivity index (χ1) is 13.0. The summed E-state index contributed by atoms with van der Waals surface area (Å²) in [6, 6.07) is 15.6. The molecule has 0 atom stereocenters. The number of hydrogen-bond acceptors (Lipinski definition) is 4. The van der Waals surface area contributed by atoms with Gasteiger partial charge in [-0.15, -0.1) is 11.3 Å². The van der Waals surface area contributed by atoms with E-state index >= 15 is 0 Å². The largest absolute Gasteiger partial charge is 0.360 e. The molecule has 0 spiro atoms. The number of benzene rings is 2. The van der Waals surface area contributed by atoms with Gasteiger partial charge in [0.1, 0.15) is 16.6 Å². The van der Waals surface area contributed by atoms with Gasteiger partial charge in [-0.25, -0.2) is 4.98 Å². The summed E-state index contributed by atoms with van der Waals surface area (Å²) < 4.78 is 0. The Morgan fingerprint density at radius 3 is 2.70 bits per heavy atom. The van der Waals surface area contributed by atoms with Crippen LogP contribution in [0.2, 0.25) is 10.0 Å². The minimum Gasteiger partial charge on any atom is -0.360 e. The first-order valence-corrected chi connectivity index (χ1v) is 10.00. The van der Waals surface area contributed by atoms with Crippen molar-refractivity contribution >= 4 is 45.8 Å². The molecule has 0 saturated heterocycles. The van der Waals surface area contributed by atoms with Gasteiger partial charge in [-0.2, -0.15) is 5.26 Å². The predicted octanol–water partition coefficient (Wildman–Crippen LogP) is 7.22. The molecule has 0 unspecified atom stereocenters. The van der Waals surface area contributed by atoms with E-state index < -0.39 is 0 Å². The summed E-state index contributed by atoms with van der Waals surface area (Å²) >= 11 is 13.6. The molecule has 0 radical (unpaired) electrons. The van der Waals surface area contributed by atoms with Crippen molar-refractivity contribution in [2.45, 2.75) is 19.8 Å². The van der Waals surface area contributed by atoms with Crippen LogP contribution < -0.4 is 5.32 Å². The van der Waals surface area contributed by atoms with Crippen molar-refractivity contribution in [3.63, 3.8) is 0 Å². The molecule has 3 nitrogen and oxygen atoms in total. The van der Waals surface area contributed by atoms with Crippen molar-refractivity contribution in [3.8, 4) is 17.3 Å². The molecule has 0 bridgehead atoms. The van der Waals surface area contributed by atoms with E-state index in [0.29, 0.717) is 26.5 Å². The molecule has 0 fully saturated rings. The molecule has 27 heavy (non-hydrogen) atoms. The topological polar surface area (TPSA) is 48.7 Å². The highest BCUT2D eigenvalue weighted by atomic mass is 35.5. The summed E-state index contributed by atoms with van der Waals surface area (Å²) in [6.07, 6.45) is 1.70. The van der Waals surface area contributed by atoms with Gasteiger partial charge < -0.3 is 5.32 Å². The third-order valence-corrected chi connectivity index (χ3v) is 5.44. The Hall–Kier alpha value is -2.32. The molecule has 0 aliphatic carbocycles. The molecule has 0 aliphatic rings.